The van der Waals surface area contributed by atoms with Crippen molar-refractivity contribution in [2.75, 3.05) is 5.32 Å². The van der Waals surface area contributed by atoms with Crippen LogP contribution in [0, 0.1) is 0 Å². The second-order valence-corrected chi connectivity index (χ2v) is 5.61. The molecule has 110 valence electrons. The average molecular weight is 304 g/mol. The molecule has 0 saturated carbocycles. The van der Waals surface area contributed by atoms with Crippen LogP contribution in [0.4, 0.5) is 5.13 Å². The SMILES string of the molecule is CCCC(=O)Nc1nc(-c2ccccc2)c(CC(=O)O)s1. The van der Waals surface area contributed by atoms with Gasteiger partial charge >= 0.3 is 5.97 Å². The molecule has 0 atom stereocenters. The highest BCUT2D eigenvalue weighted by molar-refractivity contribution is 7.16. The van der Waals surface area contributed by atoms with Gasteiger partial charge in [-0.1, -0.05) is 37.3 Å². The summed E-state index contributed by atoms with van der Waals surface area (Å²) in [7, 11) is 0. The minimum atomic E-state index is -0.915. The van der Waals surface area contributed by atoms with E-state index in [0.29, 0.717) is 22.1 Å². The van der Waals surface area contributed by atoms with Crippen LogP contribution in [0.25, 0.3) is 11.3 Å². The minimum absolute atomic E-state index is 0.104. The standard InChI is InChI=1S/C15H16N2O3S/c1-2-6-12(18)16-15-17-14(10-7-4-3-5-8-10)11(21-15)9-13(19)20/h3-5,7-8H,2,6,9H2,1H3,(H,19,20)(H,16,17,18). The lowest BCUT2D eigenvalue weighted by Crippen LogP contribution is -2.10. The van der Waals surface area contributed by atoms with Crippen LogP contribution in [0.3, 0.4) is 0 Å². The third kappa shape index (κ3) is 4.13. The van der Waals surface area contributed by atoms with E-state index in [1.54, 1.807) is 0 Å². The Balaban J connectivity index is 2.31. The van der Waals surface area contributed by atoms with Gasteiger partial charge in [-0.25, -0.2) is 4.98 Å². The van der Waals surface area contributed by atoms with Gasteiger partial charge in [-0.2, -0.15) is 0 Å². The van der Waals surface area contributed by atoms with Gasteiger partial charge in [-0.05, 0) is 6.42 Å². The molecule has 2 rings (SSSR count). The van der Waals surface area contributed by atoms with Crippen LogP contribution in [0.15, 0.2) is 30.3 Å². The molecule has 5 nitrogen and oxygen atoms in total. The van der Waals surface area contributed by atoms with Gasteiger partial charge in [0, 0.05) is 16.9 Å². The molecule has 0 aliphatic heterocycles. The highest BCUT2D eigenvalue weighted by Crippen LogP contribution is 2.31. The number of nitrogens with one attached hydrogen (secondary N) is 1. The molecular formula is C15H16N2O3S. The highest BCUT2D eigenvalue weighted by atomic mass is 32.1. The van der Waals surface area contributed by atoms with Crippen molar-refractivity contribution in [3.8, 4) is 11.3 Å². The molecule has 21 heavy (non-hydrogen) atoms. The van der Waals surface area contributed by atoms with Gasteiger partial charge in [0.2, 0.25) is 5.91 Å². The van der Waals surface area contributed by atoms with Gasteiger partial charge in [-0.15, -0.1) is 11.3 Å². The summed E-state index contributed by atoms with van der Waals surface area (Å²) in [6, 6.07) is 9.37. The van der Waals surface area contributed by atoms with E-state index in [1.165, 1.54) is 11.3 Å². The molecule has 1 aromatic carbocycles. The average Bonchev–Trinajstić information content (AvgIpc) is 2.81. The Hall–Kier alpha value is -2.21. The van der Waals surface area contributed by atoms with Crippen molar-refractivity contribution < 1.29 is 14.7 Å². The third-order valence-electron chi connectivity index (χ3n) is 2.78. The number of anilines is 1. The van der Waals surface area contributed by atoms with E-state index in [9.17, 15) is 9.59 Å². The minimum Gasteiger partial charge on any atom is -0.481 e. The van der Waals surface area contributed by atoms with Crippen LogP contribution >= 0.6 is 11.3 Å². The molecule has 0 unspecified atom stereocenters. The van der Waals surface area contributed by atoms with Crippen LogP contribution in [-0.2, 0) is 16.0 Å². The van der Waals surface area contributed by atoms with Crippen LogP contribution in [0.2, 0.25) is 0 Å². The van der Waals surface area contributed by atoms with Crippen LogP contribution in [0.1, 0.15) is 24.6 Å². The number of hydrogen-bond acceptors (Lipinski definition) is 4. The largest absolute Gasteiger partial charge is 0.481 e. The quantitative estimate of drug-likeness (QED) is 0.859. The molecule has 0 fully saturated rings. The number of hydrogen-bond donors (Lipinski definition) is 2. The lowest BCUT2D eigenvalue weighted by Gasteiger charge is -1.99. The topological polar surface area (TPSA) is 79.3 Å². The van der Waals surface area contributed by atoms with Gasteiger partial charge in [-0.3, -0.25) is 9.59 Å². The number of aromatic nitrogens is 1. The molecule has 0 bridgehead atoms. The smallest absolute Gasteiger partial charge is 0.308 e. The van der Waals surface area contributed by atoms with Crippen molar-refractivity contribution in [2.24, 2.45) is 0 Å². The molecule has 1 heterocycles. The molecule has 1 aromatic heterocycles. The number of thiazole rings is 1. The fourth-order valence-electron chi connectivity index (χ4n) is 1.89. The molecule has 0 aliphatic rings. The first-order valence-electron chi connectivity index (χ1n) is 6.67. The summed E-state index contributed by atoms with van der Waals surface area (Å²) in [5, 5.41) is 12.2. The first-order chi connectivity index (χ1) is 10.1. The number of carboxylic acid groups (broad SMARTS) is 1. The predicted octanol–water partition coefficient (Wildman–Crippen LogP) is 3.18. The number of aliphatic carboxylic acids is 1. The third-order valence-corrected chi connectivity index (χ3v) is 3.75. The lowest BCUT2D eigenvalue weighted by atomic mass is 10.1. The molecule has 6 heteroatoms. The van der Waals surface area contributed by atoms with Gasteiger partial charge in [0.05, 0.1) is 12.1 Å². The summed E-state index contributed by atoms with van der Waals surface area (Å²) in [5.74, 6) is -1.02. The number of nitrogens with zero attached hydrogens (tertiary/aromatic N) is 1. The van der Waals surface area contributed by atoms with E-state index < -0.39 is 5.97 Å². The number of carbonyl (C=O) groups is 2. The van der Waals surface area contributed by atoms with Crippen molar-refractivity contribution in [3.63, 3.8) is 0 Å². The van der Waals surface area contributed by atoms with Gasteiger partial charge in [0.1, 0.15) is 0 Å². The Morgan fingerprint density at radius 3 is 2.62 bits per heavy atom. The summed E-state index contributed by atoms with van der Waals surface area (Å²) < 4.78 is 0. The van der Waals surface area contributed by atoms with E-state index in [0.717, 1.165) is 12.0 Å². The lowest BCUT2D eigenvalue weighted by molar-refractivity contribution is -0.136. The number of carbonyl (C=O) groups excluding carboxylic acids is 1. The van der Waals surface area contributed by atoms with E-state index in [1.807, 2.05) is 37.3 Å². The number of amides is 1. The Morgan fingerprint density at radius 1 is 1.29 bits per heavy atom. The number of carboxylic acids is 1. The molecule has 2 N–H and O–H groups in total. The van der Waals surface area contributed by atoms with E-state index in [2.05, 4.69) is 10.3 Å². The predicted molar refractivity (Wildman–Crippen MR) is 82.4 cm³/mol. The van der Waals surface area contributed by atoms with E-state index in [-0.39, 0.29) is 12.3 Å². The molecule has 1 amide bonds. The normalized spacial score (nSPS) is 10.3. The van der Waals surface area contributed by atoms with Crippen LogP contribution in [-0.4, -0.2) is 22.0 Å². The molecule has 2 aromatic rings. The molecule has 0 saturated heterocycles. The summed E-state index contributed by atoms with van der Waals surface area (Å²) in [6.07, 6.45) is 1.07. The van der Waals surface area contributed by atoms with Gasteiger partial charge in [0.15, 0.2) is 5.13 Å². The summed E-state index contributed by atoms with van der Waals surface area (Å²) in [6.45, 7) is 1.92. The zero-order chi connectivity index (χ0) is 15.2. The Morgan fingerprint density at radius 2 is 2.00 bits per heavy atom. The molecule has 0 radical (unpaired) electrons. The van der Waals surface area contributed by atoms with Crippen molar-refractivity contribution >= 4 is 28.3 Å². The Bertz CT molecular complexity index is 638. The number of benzene rings is 1. The summed E-state index contributed by atoms with van der Waals surface area (Å²) in [4.78, 5) is 27.6. The number of rotatable bonds is 6. The van der Waals surface area contributed by atoms with Crippen LogP contribution < -0.4 is 5.32 Å². The van der Waals surface area contributed by atoms with Gasteiger partial charge < -0.3 is 10.4 Å². The fourth-order valence-corrected chi connectivity index (χ4v) is 2.88. The first-order valence-corrected chi connectivity index (χ1v) is 7.48. The zero-order valence-electron chi connectivity index (χ0n) is 11.6. The molecule has 0 aliphatic carbocycles. The maximum Gasteiger partial charge on any atom is 0.308 e. The second-order valence-electron chi connectivity index (χ2n) is 4.53. The summed E-state index contributed by atoms with van der Waals surface area (Å²) >= 11 is 1.21. The van der Waals surface area contributed by atoms with Crippen molar-refractivity contribution in [3.05, 3.63) is 35.2 Å². The first kappa shape index (κ1) is 15.2. The van der Waals surface area contributed by atoms with Crippen molar-refractivity contribution in [2.45, 2.75) is 26.2 Å². The molecule has 0 spiro atoms. The Labute approximate surface area is 126 Å². The van der Waals surface area contributed by atoms with Crippen LogP contribution in [0.5, 0.6) is 0 Å². The van der Waals surface area contributed by atoms with Gasteiger partial charge in [0.25, 0.3) is 0 Å². The summed E-state index contributed by atoms with van der Waals surface area (Å²) in [5.41, 5.74) is 1.47. The zero-order valence-corrected chi connectivity index (χ0v) is 12.4. The highest BCUT2D eigenvalue weighted by Gasteiger charge is 2.16. The van der Waals surface area contributed by atoms with E-state index >= 15 is 0 Å². The monoisotopic (exact) mass is 304 g/mol. The van der Waals surface area contributed by atoms with Crippen molar-refractivity contribution in [1.29, 1.82) is 0 Å². The Kier molecular flexibility index (Phi) is 5.05. The molecular weight excluding hydrogens is 288 g/mol. The van der Waals surface area contributed by atoms with E-state index in [4.69, 9.17) is 5.11 Å². The fraction of sp³-hybridized carbons (Fsp3) is 0.267. The maximum atomic E-state index is 11.6. The second kappa shape index (κ2) is 6.99. The van der Waals surface area contributed by atoms with Crippen molar-refractivity contribution in [1.82, 2.24) is 4.98 Å². The maximum absolute atomic E-state index is 11.6.